The molecule has 0 unspecified atom stereocenters. The highest BCUT2D eigenvalue weighted by Gasteiger charge is 2.24. The Bertz CT molecular complexity index is 1020. The molecule has 5 heteroatoms. The molecule has 3 aromatic rings. The van der Waals surface area contributed by atoms with Gasteiger partial charge in [-0.1, -0.05) is 38.1 Å². The van der Waals surface area contributed by atoms with Crippen molar-refractivity contribution in [2.24, 2.45) is 0 Å². The van der Waals surface area contributed by atoms with Crippen LogP contribution in [0.5, 0.6) is 5.75 Å². The highest BCUT2D eigenvalue weighted by atomic mass is 16.5. The number of benzene rings is 2. The average Bonchev–Trinajstić information content (AvgIpc) is 2.78. The van der Waals surface area contributed by atoms with Crippen molar-refractivity contribution < 1.29 is 9.53 Å². The molecule has 1 aromatic heterocycles. The van der Waals surface area contributed by atoms with E-state index in [2.05, 4.69) is 24.8 Å². The lowest BCUT2D eigenvalue weighted by Gasteiger charge is -2.36. The van der Waals surface area contributed by atoms with E-state index in [9.17, 15) is 4.79 Å². The van der Waals surface area contributed by atoms with Crippen LogP contribution < -0.4 is 9.64 Å². The van der Waals surface area contributed by atoms with Gasteiger partial charge < -0.3 is 14.5 Å². The van der Waals surface area contributed by atoms with Gasteiger partial charge in [-0.05, 0) is 30.2 Å². The van der Waals surface area contributed by atoms with Gasteiger partial charge in [-0.25, -0.2) is 0 Å². The number of fused-ring (bicyclic) bond motifs is 1. The van der Waals surface area contributed by atoms with Crippen molar-refractivity contribution >= 4 is 22.5 Å². The maximum atomic E-state index is 13.4. The summed E-state index contributed by atoms with van der Waals surface area (Å²) in [6, 6.07) is 18.0. The zero-order valence-electron chi connectivity index (χ0n) is 17.3. The molecule has 1 fully saturated rings. The standard InChI is InChI=1S/C24H27N3O2/c1-17(2)23-16-21(20-9-4-5-10-22(20)25-23)24(28)27-13-11-26(12-14-27)18-7-6-8-19(15-18)29-3/h4-10,15-17H,11-14H2,1-3H3. The van der Waals surface area contributed by atoms with E-state index in [1.807, 2.05) is 53.4 Å². The number of para-hydroxylation sites is 1. The minimum Gasteiger partial charge on any atom is -0.497 e. The third-order valence-electron chi connectivity index (χ3n) is 5.54. The molecule has 0 N–H and O–H groups in total. The molecule has 1 aliphatic rings. The summed E-state index contributed by atoms with van der Waals surface area (Å²) in [7, 11) is 1.68. The van der Waals surface area contributed by atoms with Gasteiger partial charge in [0, 0.05) is 49.0 Å². The topological polar surface area (TPSA) is 45.7 Å². The summed E-state index contributed by atoms with van der Waals surface area (Å²) in [6.45, 7) is 7.22. The summed E-state index contributed by atoms with van der Waals surface area (Å²) in [5, 5.41) is 0.928. The number of amides is 1. The van der Waals surface area contributed by atoms with Crippen LogP contribution in [0.15, 0.2) is 54.6 Å². The zero-order chi connectivity index (χ0) is 20.4. The number of carbonyl (C=O) groups excluding carboxylic acids is 1. The molecular weight excluding hydrogens is 362 g/mol. The smallest absolute Gasteiger partial charge is 0.254 e. The van der Waals surface area contributed by atoms with Crippen molar-refractivity contribution in [3.8, 4) is 5.75 Å². The largest absolute Gasteiger partial charge is 0.497 e. The number of carbonyl (C=O) groups is 1. The van der Waals surface area contributed by atoms with E-state index >= 15 is 0 Å². The van der Waals surface area contributed by atoms with Crippen molar-refractivity contribution in [1.29, 1.82) is 0 Å². The molecule has 2 aromatic carbocycles. The normalized spacial score (nSPS) is 14.5. The van der Waals surface area contributed by atoms with Gasteiger partial charge in [-0.2, -0.15) is 0 Å². The Kier molecular flexibility index (Phi) is 5.38. The maximum absolute atomic E-state index is 13.4. The minimum atomic E-state index is 0.0933. The first kappa shape index (κ1) is 19.2. The van der Waals surface area contributed by atoms with E-state index in [-0.39, 0.29) is 11.8 Å². The summed E-state index contributed by atoms with van der Waals surface area (Å²) in [5.74, 6) is 1.22. The number of ether oxygens (including phenoxy) is 1. The molecule has 29 heavy (non-hydrogen) atoms. The summed E-state index contributed by atoms with van der Waals surface area (Å²) >= 11 is 0. The summed E-state index contributed by atoms with van der Waals surface area (Å²) in [5.41, 5.74) is 3.74. The Morgan fingerprint density at radius 3 is 2.48 bits per heavy atom. The van der Waals surface area contributed by atoms with Crippen LogP contribution in [0.25, 0.3) is 10.9 Å². The molecule has 0 radical (unpaired) electrons. The number of hydrogen-bond acceptors (Lipinski definition) is 4. The molecule has 150 valence electrons. The van der Waals surface area contributed by atoms with Gasteiger partial charge in [0.1, 0.15) is 5.75 Å². The molecule has 5 nitrogen and oxygen atoms in total. The molecule has 0 atom stereocenters. The van der Waals surface area contributed by atoms with E-state index in [1.165, 1.54) is 0 Å². The van der Waals surface area contributed by atoms with Crippen LogP contribution in [0.1, 0.15) is 35.8 Å². The van der Waals surface area contributed by atoms with Gasteiger partial charge in [0.15, 0.2) is 0 Å². The van der Waals surface area contributed by atoms with E-state index in [0.29, 0.717) is 13.1 Å². The number of rotatable bonds is 4. The zero-order valence-corrected chi connectivity index (χ0v) is 17.3. The van der Waals surface area contributed by atoms with Crippen molar-refractivity contribution in [2.75, 3.05) is 38.2 Å². The number of anilines is 1. The highest BCUT2D eigenvalue weighted by Crippen LogP contribution is 2.26. The maximum Gasteiger partial charge on any atom is 0.254 e. The fraction of sp³-hybridized carbons (Fsp3) is 0.333. The Balaban J connectivity index is 1.55. The van der Waals surface area contributed by atoms with Crippen LogP contribution in [-0.4, -0.2) is 49.1 Å². The molecule has 1 saturated heterocycles. The molecule has 0 aliphatic carbocycles. The molecule has 1 aliphatic heterocycles. The van der Waals surface area contributed by atoms with Crippen LogP contribution in [-0.2, 0) is 0 Å². The van der Waals surface area contributed by atoms with Crippen LogP contribution in [0.2, 0.25) is 0 Å². The average molecular weight is 389 g/mol. The predicted octanol–water partition coefficient (Wildman–Crippen LogP) is 4.33. The lowest BCUT2D eigenvalue weighted by molar-refractivity contribution is 0.0748. The van der Waals surface area contributed by atoms with E-state index in [1.54, 1.807) is 7.11 Å². The van der Waals surface area contributed by atoms with Crippen molar-refractivity contribution in [2.45, 2.75) is 19.8 Å². The van der Waals surface area contributed by atoms with Gasteiger partial charge in [0.05, 0.1) is 18.2 Å². The number of methoxy groups -OCH3 is 1. The van der Waals surface area contributed by atoms with Crippen LogP contribution in [0, 0.1) is 0 Å². The molecule has 4 rings (SSSR count). The Morgan fingerprint density at radius 2 is 1.76 bits per heavy atom. The van der Waals surface area contributed by atoms with Gasteiger partial charge >= 0.3 is 0 Å². The van der Waals surface area contributed by atoms with Crippen LogP contribution in [0.4, 0.5) is 5.69 Å². The summed E-state index contributed by atoms with van der Waals surface area (Å²) in [6.07, 6.45) is 0. The summed E-state index contributed by atoms with van der Waals surface area (Å²) in [4.78, 5) is 22.4. The molecule has 2 heterocycles. The van der Waals surface area contributed by atoms with Gasteiger partial charge in [0.2, 0.25) is 0 Å². The Hall–Kier alpha value is -3.08. The number of piperazine rings is 1. The quantitative estimate of drug-likeness (QED) is 0.666. The predicted molar refractivity (Wildman–Crippen MR) is 117 cm³/mol. The molecule has 0 spiro atoms. The monoisotopic (exact) mass is 389 g/mol. The molecule has 1 amide bonds. The lowest BCUT2D eigenvalue weighted by Crippen LogP contribution is -2.48. The molecular formula is C24H27N3O2. The van der Waals surface area contributed by atoms with E-state index < -0.39 is 0 Å². The Morgan fingerprint density at radius 1 is 1.00 bits per heavy atom. The second kappa shape index (κ2) is 8.11. The van der Waals surface area contributed by atoms with Crippen LogP contribution >= 0.6 is 0 Å². The molecule has 0 bridgehead atoms. The third-order valence-corrected chi connectivity index (χ3v) is 5.54. The fourth-order valence-corrected chi connectivity index (χ4v) is 3.81. The number of pyridine rings is 1. The Labute approximate surface area is 171 Å². The SMILES string of the molecule is COc1cccc(N2CCN(C(=O)c3cc(C(C)C)nc4ccccc34)CC2)c1. The minimum absolute atomic E-state index is 0.0933. The van der Waals surface area contributed by atoms with Gasteiger partial charge in [0.25, 0.3) is 5.91 Å². The van der Waals surface area contributed by atoms with Crippen molar-refractivity contribution in [3.05, 3.63) is 65.9 Å². The van der Waals surface area contributed by atoms with Gasteiger partial charge in [-0.15, -0.1) is 0 Å². The third kappa shape index (κ3) is 3.90. The number of aromatic nitrogens is 1. The van der Waals surface area contributed by atoms with Crippen molar-refractivity contribution in [3.63, 3.8) is 0 Å². The van der Waals surface area contributed by atoms with Gasteiger partial charge in [-0.3, -0.25) is 9.78 Å². The first-order valence-corrected chi connectivity index (χ1v) is 10.1. The molecule has 0 saturated carbocycles. The number of nitrogens with zero attached hydrogens (tertiary/aromatic N) is 3. The fourth-order valence-electron chi connectivity index (χ4n) is 3.81. The van der Waals surface area contributed by atoms with E-state index in [4.69, 9.17) is 9.72 Å². The first-order chi connectivity index (χ1) is 14.1. The first-order valence-electron chi connectivity index (χ1n) is 10.1. The summed E-state index contributed by atoms with van der Waals surface area (Å²) < 4.78 is 5.34. The second-order valence-corrected chi connectivity index (χ2v) is 7.75. The highest BCUT2D eigenvalue weighted by molar-refractivity contribution is 6.06. The lowest BCUT2D eigenvalue weighted by atomic mass is 10.0. The number of hydrogen-bond donors (Lipinski definition) is 0. The van der Waals surface area contributed by atoms with Crippen molar-refractivity contribution in [1.82, 2.24) is 9.88 Å². The van der Waals surface area contributed by atoms with Crippen LogP contribution in [0.3, 0.4) is 0 Å². The second-order valence-electron chi connectivity index (χ2n) is 7.75. The van der Waals surface area contributed by atoms with E-state index in [0.717, 1.165) is 46.7 Å².